The summed E-state index contributed by atoms with van der Waals surface area (Å²) in [6.07, 6.45) is 0. The van der Waals surface area contributed by atoms with Gasteiger partial charge in [0.25, 0.3) is 0 Å². The number of rotatable bonds is 1. The van der Waals surface area contributed by atoms with Crippen molar-refractivity contribution in [2.45, 2.75) is 41.5 Å². The summed E-state index contributed by atoms with van der Waals surface area (Å²) in [5, 5.41) is 0. The van der Waals surface area contributed by atoms with Crippen LogP contribution >= 0.6 is 0 Å². The van der Waals surface area contributed by atoms with E-state index in [1.807, 2.05) is 28.6 Å². The van der Waals surface area contributed by atoms with Crippen LogP contribution in [0.2, 0.25) is 0 Å². The Hall–Kier alpha value is -1.01. The highest BCUT2D eigenvalue weighted by molar-refractivity contribution is 6.22. The van der Waals surface area contributed by atoms with Crippen molar-refractivity contribution in [1.29, 1.82) is 0 Å². The molecule has 0 aromatic rings. The summed E-state index contributed by atoms with van der Waals surface area (Å²) in [4.78, 5) is 0. The van der Waals surface area contributed by atoms with Crippen LogP contribution < -0.4 is 0 Å². The maximum Gasteiger partial charge on any atom is 0.149 e. The highest BCUT2D eigenvalue weighted by Crippen LogP contribution is 2.37. The van der Waals surface area contributed by atoms with Crippen LogP contribution in [0.4, 0.5) is 4.39 Å². The second-order valence-corrected chi connectivity index (χ2v) is 5.36. The Morgan fingerprint density at radius 1 is 1.24 bits per heavy atom. The van der Waals surface area contributed by atoms with Crippen molar-refractivity contribution in [2.24, 2.45) is 11.8 Å². The molecule has 0 nitrogen and oxygen atoms in total. The van der Waals surface area contributed by atoms with E-state index >= 15 is 0 Å². The van der Waals surface area contributed by atoms with Crippen molar-refractivity contribution in [3.8, 4) is 0 Å². The number of halogens is 1. The smallest absolute Gasteiger partial charge is 0.149 e. The quantitative estimate of drug-likeness (QED) is 0.475. The predicted molar refractivity (Wildman–Crippen MR) is 75.3 cm³/mol. The first-order chi connectivity index (χ1) is 7.77. The van der Waals surface area contributed by atoms with Crippen molar-refractivity contribution in [3.05, 3.63) is 39.3 Å². The van der Waals surface area contributed by atoms with Gasteiger partial charge in [0.1, 0.15) is 13.7 Å². The monoisotopic (exact) mass is 232 g/mol. The predicted octanol–water partition coefficient (Wildman–Crippen LogP) is 3.91. The van der Waals surface area contributed by atoms with Crippen LogP contribution in [0.3, 0.4) is 0 Å². The van der Waals surface area contributed by atoms with E-state index in [1.165, 1.54) is 16.7 Å². The Labute approximate surface area is 105 Å². The fourth-order valence-electron chi connectivity index (χ4n) is 2.33. The van der Waals surface area contributed by atoms with Crippen molar-refractivity contribution in [1.82, 2.24) is 0 Å². The molecule has 0 aliphatic heterocycles. The van der Waals surface area contributed by atoms with Gasteiger partial charge < -0.3 is 0 Å². The summed E-state index contributed by atoms with van der Waals surface area (Å²) < 4.78 is 14.3. The van der Waals surface area contributed by atoms with Crippen molar-refractivity contribution in [3.63, 3.8) is 0 Å². The highest BCUT2D eigenvalue weighted by atomic mass is 19.1. The van der Waals surface area contributed by atoms with Gasteiger partial charge in [-0.2, -0.15) is 0 Å². The zero-order chi connectivity index (χ0) is 13.3. The molecule has 92 valence electrons. The lowest BCUT2D eigenvalue weighted by Gasteiger charge is -2.25. The third-order valence-corrected chi connectivity index (χ3v) is 4.17. The minimum Gasteiger partial charge on any atom is -0.202 e. The Bertz CT molecular complexity index is 455. The molecular formula is C15H22BF. The Morgan fingerprint density at radius 2 is 1.76 bits per heavy atom. The molecule has 1 aliphatic rings. The van der Waals surface area contributed by atoms with Crippen LogP contribution in [0, 0.1) is 11.8 Å². The minimum absolute atomic E-state index is 0.120. The second-order valence-electron chi connectivity index (χ2n) is 5.36. The molecule has 2 heteroatoms. The molecule has 0 N–H and O–H groups in total. The number of hydrogen-bond acceptors (Lipinski definition) is 0. The average molecular weight is 232 g/mol. The molecule has 1 aliphatic carbocycles. The van der Waals surface area contributed by atoms with E-state index in [4.69, 9.17) is 0 Å². The summed E-state index contributed by atoms with van der Waals surface area (Å²) in [7, 11) is 2.03. The molecule has 1 rings (SSSR count). The van der Waals surface area contributed by atoms with Gasteiger partial charge in [0.15, 0.2) is 0 Å². The maximum absolute atomic E-state index is 14.3. The van der Waals surface area contributed by atoms with Crippen LogP contribution in [-0.4, -0.2) is 7.85 Å². The minimum atomic E-state index is -0.146. The normalized spacial score (nSPS) is 25.1. The number of hydrogen-bond donors (Lipinski definition) is 0. The van der Waals surface area contributed by atoms with Gasteiger partial charge in [-0.3, -0.25) is 0 Å². The zero-order valence-corrected chi connectivity index (χ0v) is 12.0. The molecule has 17 heavy (non-hydrogen) atoms. The molecule has 0 saturated carbocycles. The summed E-state index contributed by atoms with van der Waals surface area (Å²) in [5.41, 5.74) is 8.62. The van der Waals surface area contributed by atoms with Crippen LogP contribution in [0.15, 0.2) is 39.3 Å². The molecule has 0 amide bonds. The molecule has 0 aromatic carbocycles. The van der Waals surface area contributed by atoms with Crippen LogP contribution in [-0.2, 0) is 0 Å². The third-order valence-electron chi connectivity index (χ3n) is 4.17. The largest absolute Gasteiger partial charge is 0.202 e. The topological polar surface area (TPSA) is 0 Å². The van der Waals surface area contributed by atoms with Gasteiger partial charge in [0.2, 0.25) is 0 Å². The lowest BCUT2D eigenvalue weighted by atomic mass is 9.72. The van der Waals surface area contributed by atoms with Gasteiger partial charge >= 0.3 is 0 Å². The Morgan fingerprint density at radius 3 is 2.24 bits per heavy atom. The lowest BCUT2D eigenvalue weighted by Crippen LogP contribution is -2.17. The summed E-state index contributed by atoms with van der Waals surface area (Å²) in [6, 6.07) is 0. The van der Waals surface area contributed by atoms with E-state index in [2.05, 4.69) is 26.5 Å². The van der Waals surface area contributed by atoms with E-state index in [0.29, 0.717) is 0 Å². The van der Waals surface area contributed by atoms with E-state index < -0.39 is 0 Å². The van der Waals surface area contributed by atoms with Gasteiger partial charge in [0.05, 0.1) is 0 Å². The lowest BCUT2D eigenvalue weighted by molar-refractivity contribution is 0.439. The SMILES string of the molecule is BC(=C(C)C)C1C(F)=C=C(C)C(C)=C(C)C1C. The van der Waals surface area contributed by atoms with Crippen molar-refractivity contribution in [2.75, 3.05) is 0 Å². The Kier molecular flexibility index (Phi) is 4.22. The molecule has 0 heterocycles. The first-order valence-electron chi connectivity index (χ1n) is 6.22. The average Bonchev–Trinajstić information content (AvgIpc) is 2.31. The molecule has 2 unspecified atom stereocenters. The van der Waals surface area contributed by atoms with Gasteiger partial charge in [-0.25, -0.2) is 4.39 Å². The van der Waals surface area contributed by atoms with Gasteiger partial charge in [0, 0.05) is 5.92 Å². The van der Waals surface area contributed by atoms with Gasteiger partial charge in [-0.1, -0.05) is 23.8 Å². The van der Waals surface area contributed by atoms with Crippen molar-refractivity contribution >= 4 is 7.85 Å². The second kappa shape index (κ2) is 5.10. The van der Waals surface area contributed by atoms with E-state index in [0.717, 1.165) is 11.0 Å². The fourth-order valence-corrected chi connectivity index (χ4v) is 2.33. The highest BCUT2D eigenvalue weighted by Gasteiger charge is 2.28. The first kappa shape index (κ1) is 14.1. The zero-order valence-electron chi connectivity index (χ0n) is 12.0. The molecule has 0 radical (unpaired) electrons. The first-order valence-corrected chi connectivity index (χ1v) is 6.22. The van der Waals surface area contributed by atoms with Crippen LogP contribution in [0.1, 0.15) is 41.5 Å². The van der Waals surface area contributed by atoms with E-state index in [9.17, 15) is 4.39 Å². The summed E-state index contributed by atoms with van der Waals surface area (Å²) in [6.45, 7) is 12.3. The molecule has 0 aromatic heterocycles. The van der Waals surface area contributed by atoms with E-state index in [1.54, 1.807) is 0 Å². The molecule has 0 spiro atoms. The molecule has 2 atom stereocenters. The molecule has 0 saturated heterocycles. The standard InChI is InChI=1S/C15H22BF/c1-8(2)15(16)14-12(6)11(5)10(4)9(3)7-13(14)17/h12,14H,16H2,1-6H3. The maximum atomic E-state index is 14.3. The fraction of sp³-hybridized carbons (Fsp3) is 0.533. The van der Waals surface area contributed by atoms with Crippen molar-refractivity contribution < 1.29 is 4.39 Å². The van der Waals surface area contributed by atoms with Crippen LogP contribution in [0.5, 0.6) is 0 Å². The number of allylic oxidation sites excluding steroid dienone is 5. The Balaban J connectivity index is 3.47. The third kappa shape index (κ3) is 2.64. The summed E-state index contributed by atoms with van der Waals surface area (Å²) in [5.74, 6) is -0.0628. The van der Waals surface area contributed by atoms with Crippen LogP contribution in [0.25, 0.3) is 0 Å². The van der Waals surface area contributed by atoms with Gasteiger partial charge in [-0.05, 0) is 51.7 Å². The van der Waals surface area contributed by atoms with Gasteiger partial charge in [-0.15, -0.1) is 5.47 Å². The summed E-state index contributed by atoms with van der Waals surface area (Å²) >= 11 is 0. The molecular weight excluding hydrogens is 210 g/mol. The molecule has 0 fully saturated rings. The van der Waals surface area contributed by atoms with E-state index in [-0.39, 0.29) is 17.7 Å². The molecule has 0 bridgehead atoms.